The summed E-state index contributed by atoms with van der Waals surface area (Å²) in [5.41, 5.74) is 3.87. The molecule has 1 aromatic heterocycles. The van der Waals surface area contributed by atoms with Crippen LogP contribution in [0.4, 0.5) is 4.79 Å². The van der Waals surface area contributed by atoms with Gasteiger partial charge in [0.05, 0.1) is 13.7 Å². The van der Waals surface area contributed by atoms with E-state index in [1.807, 2.05) is 37.3 Å². The van der Waals surface area contributed by atoms with E-state index in [4.69, 9.17) is 21.1 Å². The zero-order chi connectivity index (χ0) is 20.3. The van der Waals surface area contributed by atoms with E-state index in [0.717, 1.165) is 27.7 Å². The van der Waals surface area contributed by atoms with Crippen LogP contribution in [0.2, 0.25) is 5.02 Å². The normalized spacial score (nSPS) is 17.4. The maximum atomic E-state index is 12.7. The van der Waals surface area contributed by atoms with Crippen LogP contribution in [0.5, 0.6) is 0 Å². The number of nitrogens with zero attached hydrogens (tertiary/aromatic N) is 1. The van der Waals surface area contributed by atoms with Crippen molar-refractivity contribution < 1.29 is 14.3 Å². The Labute approximate surface area is 170 Å². The molecule has 6 heteroatoms. The number of carbonyl (C=O) groups is 1. The molecule has 1 atom stereocenters. The van der Waals surface area contributed by atoms with Crippen molar-refractivity contribution in [2.24, 2.45) is 0 Å². The third kappa shape index (κ3) is 3.54. The monoisotopic (exact) mass is 400 g/mol. The molecule has 28 heavy (non-hydrogen) atoms. The number of H-pyrrole nitrogens is 1. The van der Waals surface area contributed by atoms with E-state index in [0.29, 0.717) is 30.4 Å². The molecular formula is C22H25ClN2O3. The number of carbonyl (C=O) groups excluding carboxylic acids is 1. The average molecular weight is 401 g/mol. The Morgan fingerprint density at radius 3 is 2.89 bits per heavy atom. The minimum absolute atomic E-state index is 0.316. The molecule has 0 fully saturated rings. The molecule has 0 spiro atoms. The minimum Gasteiger partial charge on any atom is -0.496 e. The Morgan fingerprint density at radius 1 is 1.46 bits per heavy atom. The molecule has 0 radical (unpaired) electrons. The molecule has 3 rings (SSSR count). The van der Waals surface area contributed by atoms with Crippen LogP contribution in [0.3, 0.4) is 0 Å². The van der Waals surface area contributed by atoms with Crippen molar-refractivity contribution in [3.8, 4) is 0 Å². The van der Waals surface area contributed by atoms with Crippen molar-refractivity contribution in [3.63, 3.8) is 0 Å². The van der Waals surface area contributed by atoms with Crippen LogP contribution in [-0.2, 0) is 15.9 Å². The molecule has 0 saturated carbocycles. The maximum absolute atomic E-state index is 12.7. The first-order valence-corrected chi connectivity index (χ1v) is 9.70. The number of rotatable bonds is 5. The largest absolute Gasteiger partial charge is 0.496 e. The summed E-state index contributed by atoms with van der Waals surface area (Å²) in [6.07, 6.45) is 5.86. The van der Waals surface area contributed by atoms with Crippen LogP contribution in [0.25, 0.3) is 10.9 Å². The summed E-state index contributed by atoms with van der Waals surface area (Å²) in [6, 6.07) is 5.39. The van der Waals surface area contributed by atoms with Gasteiger partial charge >= 0.3 is 6.09 Å². The van der Waals surface area contributed by atoms with E-state index >= 15 is 0 Å². The Hall–Kier alpha value is -2.66. The third-order valence-electron chi connectivity index (χ3n) is 4.93. The van der Waals surface area contributed by atoms with Gasteiger partial charge in [-0.15, -0.1) is 0 Å². The minimum atomic E-state index is -0.391. The molecular weight excluding hydrogens is 376 g/mol. The standard InChI is InChI=1S/C22H25ClN2O3/c1-5-8-19(27-4)15(6-2)21-20-16(11-12-25(21)22(26)28-7-3)17-13-14(23)9-10-18(17)24-20/h5-6,8-10,13,21,24H,2,7,11-12H2,1,3-4H3/b8-5-,19-15-. The van der Waals surface area contributed by atoms with Gasteiger partial charge in [-0.2, -0.15) is 0 Å². The van der Waals surface area contributed by atoms with Crippen molar-refractivity contribution in [3.05, 3.63) is 70.6 Å². The highest BCUT2D eigenvalue weighted by atomic mass is 35.5. The molecule has 0 bridgehead atoms. The number of aromatic nitrogens is 1. The highest BCUT2D eigenvalue weighted by molar-refractivity contribution is 6.31. The quantitative estimate of drug-likeness (QED) is 0.529. The summed E-state index contributed by atoms with van der Waals surface area (Å²) in [5.74, 6) is 0.654. The Morgan fingerprint density at radius 2 is 2.25 bits per heavy atom. The molecule has 1 amide bonds. The lowest BCUT2D eigenvalue weighted by Crippen LogP contribution is -2.41. The number of fused-ring (bicyclic) bond motifs is 3. The molecule has 1 aliphatic heterocycles. The SMILES string of the molecule is C=C/C(=C(\C=C/C)OC)C1c2[nH]c3ccc(Cl)cc3c2CCN1C(=O)OCC. The van der Waals surface area contributed by atoms with E-state index in [9.17, 15) is 4.79 Å². The summed E-state index contributed by atoms with van der Waals surface area (Å²) in [7, 11) is 1.61. The predicted molar refractivity (Wildman–Crippen MR) is 113 cm³/mol. The molecule has 1 unspecified atom stereocenters. The number of halogens is 1. The first kappa shape index (κ1) is 20.1. The first-order valence-electron chi connectivity index (χ1n) is 9.32. The van der Waals surface area contributed by atoms with Gasteiger partial charge < -0.3 is 14.5 Å². The Balaban J connectivity index is 2.25. The van der Waals surface area contributed by atoms with Gasteiger partial charge in [0.2, 0.25) is 0 Å². The number of nitrogens with one attached hydrogen (secondary N) is 1. The highest BCUT2D eigenvalue weighted by Gasteiger charge is 2.37. The lowest BCUT2D eigenvalue weighted by molar-refractivity contribution is 0.0922. The molecule has 0 aliphatic carbocycles. The van der Waals surface area contributed by atoms with E-state index in [2.05, 4.69) is 11.6 Å². The number of ether oxygens (including phenoxy) is 2. The summed E-state index contributed by atoms with van der Waals surface area (Å²) in [5, 5.41) is 1.76. The van der Waals surface area contributed by atoms with Crippen LogP contribution in [0.1, 0.15) is 31.1 Å². The summed E-state index contributed by atoms with van der Waals surface area (Å²) < 4.78 is 10.9. The number of amides is 1. The fourth-order valence-corrected chi connectivity index (χ4v) is 3.94. The van der Waals surface area contributed by atoms with Gasteiger partial charge in [-0.05, 0) is 50.1 Å². The molecule has 1 aliphatic rings. The Kier molecular flexibility index (Phi) is 6.15. The van der Waals surface area contributed by atoms with Crippen LogP contribution in [-0.4, -0.2) is 36.2 Å². The summed E-state index contributed by atoms with van der Waals surface area (Å²) >= 11 is 6.23. The van der Waals surface area contributed by atoms with Gasteiger partial charge in [0, 0.05) is 33.7 Å². The fraction of sp³-hybridized carbons (Fsp3) is 0.318. The zero-order valence-corrected chi connectivity index (χ0v) is 17.2. The van der Waals surface area contributed by atoms with Crippen molar-refractivity contribution in [2.45, 2.75) is 26.3 Å². The van der Waals surface area contributed by atoms with Crippen molar-refractivity contribution in [1.29, 1.82) is 0 Å². The molecule has 5 nitrogen and oxygen atoms in total. The fourth-order valence-electron chi connectivity index (χ4n) is 3.77. The summed E-state index contributed by atoms with van der Waals surface area (Å²) in [6.45, 7) is 8.55. The van der Waals surface area contributed by atoms with Crippen LogP contribution in [0, 0.1) is 0 Å². The molecule has 148 valence electrons. The second-order valence-electron chi connectivity index (χ2n) is 6.48. The van der Waals surface area contributed by atoms with E-state index < -0.39 is 6.04 Å². The number of hydrogen-bond acceptors (Lipinski definition) is 3. The van der Waals surface area contributed by atoms with Gasteiger partial charge in [-0.1, -0.05) is 30.3 Å². The first-order chi connectivity index (χ1) is 13.5. The van der Waals surface area contributed by atoms with E-state index in [1.165, 1.54) is 0 Å². The van der Waals surface area contributed by atoms with Crippen LogP contribution < -0.4 is 0 Å². The van der Waals surface area contributed by atoms with Gasteiger partial charge in [-0.25, -0.2) is 4.79 Å². The average Bonchev–Trinajstić information content (AvgIpc) is 3.06. The van der Waals surface area contributed by atoms with Crippen molar-refractivity contribution in [1.82, 2.24) is 9.88 Å². The number of hydrogen-bond donors (Lipinski definition) is 1. The summed E-state index contributed by atoms with van der Waals surface area (Å²) in [4.78, 5) is 17.9. The number of aromatic amines is 1. The molecule has 1 aromatic carbocycles. The van der Waals surface area contributed by atoms with Gasteiger partial charge in [-0.3, -0.25) is 4.90 Å². The predicted octanol–water partition coefficient (Wildman–Crippen LogP) is 5.54. The zero-order valence-electron chi connectivity index (χ0n) is 16.4. The molecule has 0 saturated heterocycles. The lowest BCUT2D eigenvalue weighted by Gasteiger charge is -2.36. The van der Waals surface area contributed by atoms with Crippen molar-refractivity contribution in [2.75, 3.05) is 20.3 Å². The maximum Gasteiger partial charge on any atom is 0.410 e. The number of allylic oxidation sites excluding steroid dienone is 2. The Bertz CT molecular complexity index is 958. The van der Waals surface area contributed by atoms with E-state index in [1.54, 1.807) is 25.0 Å². The van der Waals surface area contributed by atoms with Gasteiger partial charge in [0.15, 0.2) is 0 Å². The number of benzene rings is 1. The third-order valence-corrected chi connectivity index (χ3v) is 5.16. The van der Waals surface area contributed by atoms with Crippen LogP contribution >= 0.6 is 11.6 Å². The molecule has 2 heterocycles. The van der Waals surface area contributed by atoms with Crippen molar-refractivity contribution >= 4 is 28.6 Å². The van der Waals surface area contributed by atoms with Gasteiger partial charge in [0.1, 0.15) is 11.8 Å². The highest BCUT2D eigenvalue weighted by Crippen LogP contribution is 2.41. The molecule has 1 N–H and O–H groups in total. The number of methoxy groups -OCH3 is 1. The topological polar surface area (TPSA) is 54.6 Å². The van der Waals surface area contributed by atoms with E-state index in [-0.39, 0.29) is 6.09 Å². The smallest absolute Gasteiger partial charge is 0.410 e. The van der Waals surface area contributed by atoms with Gasteiger partial charge in [0.25, 0.3) is 0 Å². The van der Waals surface area contributed by atoms with Crippen LogP contribution in [0.15, 0.2) is 54.3 Å². The molecule has 2 aromatic rings. The lowest BCUT2D eigenvalue weighted by atomic mass is 9.91. The second kappa shape index (κ2) is 8.57. The second-order valence-corrected chi connectivity index (χ2v) is 6.92.